The molecule has 1 aliphatic rings. The van der Waals surface area contributed by atoms with Gasteiger partial charge in [0.25, 0.3) is 0 Å². The van der Waals surface area contributed by atoms with E-state index in [0.29, 0.717) is 12.2 Å². The van der Waals surface area contributed by atoms with Crippen LogP contribution < -0.4 is 0 Å². The molecule has 1 aromatic rings. The first kappa shape index (κ1) is 7.99. The lowest BCUT2D eigenvalue weighted by Crippen LogP contribution is -1.94. The molecule has 0 aliphatic heterocycles. The van der Waals surface area contributed by atoms with Gasteiger partial charge < -0.3 is 0 Å². The molecule has 0 saturated carbocycles. The Kier molecular flexibility index (Phi) is 1.80. The molecular weight excluding hydrogens is 216 g/mol. The lowest BCUT2D eigenvalue weighted by atomic mass is 10.0. The number of carbonyl (C=O) groups is 1. The zero-order chi connectivity index (χ0) is 8.72. The molecule has 1 aliphatic carbocycles. The maximum absolute atomic E-state index is 11.4. The first-order valence-corrected chi connectivity index (χ1v) is 4.80. The van der Waals surface area contributed by atoms with Gasteiger partial charge in [-0.2, -0.15) is 0 Å². The average molecular weight is 225 g/mol. The van der Waals surface area contributed by atoms with E-state index in [1.54, 1.807) is 0 Å². The van der Waals surface area contributed by atoms with E-state index >= 15 is 0 Å². The first-order valence-electron chi connectivity index (χ1n) is 4.00. The fraction of sp³-hybridized carbons (Fsp3) is 0.300. The fourth-order valence-corrected chi connectivity index (χ4v) is 2.40. The first-order chi connectivity index (χ1) is 5.68. The highest BCUT2D eigenvalue weighted by Crippen LogP contribution is 2.28. The molecule has 0 N–H and O–H groups in total. The molecule has 62 valence electrons. The Morgan fingerprint density at radius 3 is 2.83 bits per heavy atom. The van der Waals surface area contributed by atoms with E-state index in [1.807, 2.05) is 19.1 Å². The summed E-state index contributed by atoms with van der Waals surface area (Å²) >= 11 is 3.42. The summed E-state index contributed by atoms with van der Waals surface area (Å²) in [6, 6.07) is 4.05. The minimum absolute atomic E-state index is 0.301. The number of benzene rings is 1. The zero-order valence-electron chi connectivity index (χ0n) is 6.86. The zero-order valence-corrected chi connectivity index (χ0v) is 8.44. The third-order valence-electron chi connectivity index (χ3n) is 2.28. The van der Waals surface area contributed by atoms with Crippen LogP contribution >= 0.6 is 15.9 Å². The molecule has 0 aromatic heterocycles. The monoisotopic (exact) mass is 224 g/mol. The van der Waals surface area contributed by atoms with Crippen molar-refractivity contribution in [3.8, 4) is 0 Å². The predicted molar refractivity (Wildman–Crippen MR) is 51.5 cm³/mol. The summed E-state index contributed by atoms with van der Waals surface area (Å²) in [7, 11) is 0. The molecule has 0 spiro atoms. The van der Waals surface area contributed by atoms with Gasteiger partial charge in [0.15, 0.2) is 5.78 Å². The standard InChI is InChI=1S/C10H9BrO/c1-6-4-8(11)5-7-2-3-9(12)10(6)7/h4-5H,2-3H2,1H3. The minimum Gasteiger partial charge on any atom is -0.294 e. The minimum atomic E-state index is 0.301. The average Bonchev–Trinajstić information content (AvgIpc) is 2.31. The van der Waals surface area contributed by atoms with Crippen LogP contribution in [-0.2, 0) is 6.42 Å². The van der Waals surface area contributed by atoms with E-state index in [2.05, 4.69) is 15.9 Å². The van der Waals surface area contributed by atoms with Crippen molar-refractivity contribution in [1.82, 2.24) is 0 Å². The normalized spacial score (nSPS) is 15.0. The van der Waals surface area contributed by atoms with Gasteiger partial charge in [-0.3, -0.25) is 4.79 Å². The molecule has 0 heterocycles. The van der Waals surface area contributed by atoms with Crippen LogP contribution in [0.1, 0.15) is 27.9 Å². The Labute approximate surface area is 79.9 Å². The Bertz CT molecular complexity index is 355. The number of fused-ring (bicyclic) bond motifs is 1. The predicted octanol–water partition coefficient (Wildman–Crippen LogP) is 2.89. The van der Waals surface area contributed by atoms with E-state index in [0.717, 1.165) is 22.0 Å². The van der Waals surface area contributed by atoms with Crippen molar-refractivity contribution in [2.24, 2.45) is 0 Å². The molecular formula is C10H9BrO. The maximum Gasteiger partial charge on any atom is 0.163 e. The number of halogens is 1. The van der Waals surface area contributed by atoms with Crippen LogP contribution in [0.4, 0.5) is 0 Å². The van der Waals surface area contributed by atoms with E-state index in [-0.39, 0.29) is 0 Å². The molecule has 12 heavy (non-hydrogen) atoms. The summed E-state index contributed by atoms with van der Waals surface area (Å²) in [5.41, 5.74) is 3.26. The molecule has 0 bridgehead atoms. The molecule has 0 fully saturated rings. The Morgan fingerprint density at radius 1 is 1.33 bits per heavy atom. The van der Waals surface area contributed by atoms with Crippen LogP contribution in [0.5, 0.6) is 0 Å². The molecule has 0 radical (unpaired) electrons. The number of ketones is 1. The smallest absolute Gasteiger partial charge is 0.163 e. The van der Waals surface area contributed by atoms with Crippen molar-refractivity contribution in [3.05, 3.63) is 33.3 Å². The highest BCUT2D eigenvalue weighted by atomic mass is 79.9. The summed E-state index contributed by atoms with van der Waals surface area (Å²) in [5.74, 6) is 0.301. The van der Waals surface area contributed by atoms with Crippen LogP contribution in [0.2, 0.25) is 0 Å². The van der Waals surface area contributed by atoms with Crippen LogP contribution in [0, 0.1) is 6.92 Å². The van der Waals surface area contributed by atoms with Gasteiger partial charge in [0.1, 0.15) is 0 Å². The highest BCUT2D eigenvalue weighted by Gasteiger charge is 2.21. The van der Waals surface area contributed by atoms with E-state index in [4.69, 9.17) is 0 Å². The van der Waals surface area contributed by atoms with Crippen LogP contribution in [0.15, 0.2) is 16.6 Å². The lowest BCUT2D eigenvalue weighted by Gasteiger charge is -2.02. The SMILES string of the molecule is Cc1cc(Br)cc2c1C(=O)CC2. The Morgan fingerprint density at radius 2 is 2.08 bits per heavy atom. The number of hydrogen-bond acceptors (Lipinski definition) is 1. The molecule has 0 saturated heterocycles. The third-order valence-corrected chi connectivity index (χ3v) is 2.74. The molecule has 0 unspecified atom stereocenters. The van der Waals surface area contributed by atoms with Crippen LogP contribution in [0.3, 0.4) is 0 Å². The summed E-state index contributed by atoms with van der Waals surface area (Å²) in [4.78, 5) is 11.4. The van der Waals surface area contributed by atoms with Gasteiger partial charge in [0.05, 0.1) is 0 Å². The molecule has 1 aromatic carbocycles. The van der Waals surface area contributed by atoms with Gasteiger partial charge in [-0.1, -0.05) is 15.9 Å². The second kappa shape index (κ2) is 2.70. The number of Topliss-reactive ketones (excluding diaryl/α,β-unsaturated/α-hetero) is 1. The topological polar surface area (TPSA) is 17.1 Å². The van der Waals surface area contributed by atoms with E-state index < -0.39 is 0 Å². The maximum atomic E-state index is 11.4. The van der Waals surface area contributed by atoms with E-state index in [1.165, 1.54) is 5.56 Å². The van der Waals surface area contributed by atoms with Gasteiger partial charge in [0, 0.05) is 16.5 Å². The summed E-state index contributed by atoms with van der Waals surface area (Å²) in [6.45, 7) is 1.99. The second-order valence-electron chi connectivity index (χ2n) is 3.18. The molecule has 2 heteroatoms. The third kappa shape index (κ3) is 1.11. The van der Waals surface area contributed by atoms with Crippen molar-refractivity contribution < 1.29 is 4.79 Å². The van der Waals surface area contributed by atoms with Crippen molar-refractivity contribution in [3.63, 3.8) is 0 Å². The largest absolute Gasteiger partial charge is 0.294 e. The van der Waals surface area contributed by atoms with Gasteiger partial charge >= 0.3 is 0 Å². The van der Waals surface area contributed by atoms with Gasteiger partial charge in [-0.05, 0) is 36.6 Å². The quantitative estimate of drug-likeness (QED) is 0.663. The highest BCUT2D eigenvalue weighted by molar-refractivity contribution is 9.10. The van der Waals surface area contributed by atoms with Crippen molar-refractivity contribution >= 4 is 21.7 Å². The van der Waals surface area contributed by atoms with Crippen LogP contribution in [-0.4, -0.2) is 5.78 Å². The Hall–Kier alpha value is -0.630. The van der Waals surface area contributed by atoms with E-state index in [9.17, 15) is 4.79 Å². The van der Waals surface area contributed by atoms with Gasteiger partial charge in [-0.15, -0.1) is 0 Å². The summed E-state index contributed by atoms with van der Waals surface area (Å²) < 4.78 is 1.08. The van der Waals surface area contributed by atoms with Gasteiger partial charge in [-0.25, -0.2) is 0 Å². The second-order valence-corrected chi connectivity index (χ2v) is 4.10. The van der Waals surface area contributed by atoms with Crippen molar-refractivity contribution in [1.29, 1.82) is 0 Å². The number of aryl methyl sites for hydroxylation is 2. The summed E-state index contributed by atoms with van der Waals surface area (Å²) in [6.07, 6.45) is 1.60. The fourth-order valence-electron chi connectivity index (χ4n) is 1.78. The number of rotatable bonds is 0. The lowest BCUT2D eigenvalue weighted by molar-refractivity contribution is 0.0994. The molecule has 0 atom stereocenters. The molecule has 2 rings (SSSR count). The van der Waals surface area contributed by atoms with Crippen molar-refractivity contribution in [2.75, 3.05) is 0 Å². The van der Waals surface area contributed by atoms with Crippen LogP contribution in [0.25, 0.3) is 0 Å². The molecule has 1 nitrogen and oxygen atoms in total. The number of carbonyl (C=O) groups excluding carboxylic acids is 1. The number of hydrogen-bond donors (Lipinski definition) is 0. The molecule has 0 amide bonds. The van der Waals surface area contributed by atoms with Gasteiger partial charge in [0.2, 0.25) is 0 Å². The summed E-state index contributed by atoms with van der Waals surface area (Å²) in [5, 5.41) is 0. The Balaban J connectivity index is 2.68. The van der Waals surface area contributed by atoms with Crippen molar-refractivity contribution in [2.45, 2.75) is 19.8 Å².